The number of sulfonamides is 1. The van der Waals surface area contributed by atoms with Crippen molar-refractivity contribution < 1.29 is 8.42 Å². The summed E-state index contributed by atoms with van der Waals surface area (Å²) in [6.45, 7) is 0.364. The van der Waals surface area contributed by atoms with E-state index in [-0.39, 0.29) is 17.3 Å². The predicted octanol–water partition coefficient (Wildman–Crippen LogP) is 2.02. The number of rotatable bonds is 5. The maximum absolute atomic E-state index is 11.9. The van der Waals surface area contributed by atoms with Crippen molar-refractivity contribution in [1.82, 2.24) is 9.71 Å². The van der Waals surface area contributed by atoms with Gasteiger partial charge in [-0.05, 0) is 30.2 Å². The van der Waals surface area contributed by atoms with Gasteiger partial charge in [-0.15, -0.1) is 12.4 Å². The van der Waals surface area contributed by atoms with Gasteiger partial charge in [-0.1, -0.05) is 24.3 Å². The van der Waals surface area contributed by atoms with Crippen molar-refractivity contribution in [1.29, 1.82) is 0 Å². The van der Waals surface area contributed by atoms with Crippen molar-refractivity contribution >= 4 is 22.4 Å². The Morgan fingerprint density at radius 2 is 1.79 bits per heavy atom. The zero-order valence-corrected chi connectivity index (χ0v) is 11.8. The van der Waals surface area contributed by atoms with Gasteiger partial charge in [0.1, 0.15) is 0 Å². The first-order valence-corrected chi connectivity index (χ1v) is 7.10. The van der Waals surface area contributed by atoms with Gasteiger partial charge in [0.25, 0.3) is 0 Å². The highest BCUT2D eigenvalue weighted by Gasteiger charge is 2.11. The minimum absolute atomic E-state index is 0. The number of hydrogen-bond acceptors (Lipinski definition) is 3. The second kappa shape index (κ2) is 7.23. The SMILES string of the molecule is Cl.O=S(=O)(NCCc1cccnc1)c1ccccc1. The monoisotopic (exact) mass is 298 g/mol. The molecular weight excluding hydrogens is 284 g/mol. The van der Waals surface area contributed by atoms with Gasteiger partial charge >= 0.3 is 0 Å². The Labute approximate surface area is 119 Å². The van der Waals surface area contributed by atoms with Crippen LogP contribution in [0.3, 0.4) is 0 Å². The largest absolute Gasteiger partial charge is 0.264 e. The number of nitrogens with zero attached hydrogens (tertiary/aromatic N) is 1. The van der Waals surface area contributed by atoms with Crippen LogP contribution in [0.1, 0.15) is 5.56 Å². The van der Waals surface area contributed by atoms with Gasteiger partial charge in [-0.3, -0.25) is 4.98 Å². The summed E-state index contributed by atoms with van der Waals surface area (Å²) in [6.07, 6.45) is 4.05. The van der Waals surface area contributed by atoms with E-state index in [1.165, 1.54) is 0 Å². The van der Waals surface area contributed by atoms with Gasteiger partial charge in [0.05, 0.1) is 4.90 Å². The lowest BCUT2D eigenvalue weighted by Crippen LogP contribution is -2.25. The number of nitrogens with one attached hydrogen (secondary N) is 1. The van der Waals surface area contributed by atoms with E-state index in [2.05, 4.69) is 9.71 Å². The van der Waals surface area contributed by atoms with E-state index in [0.717, 1.165) is 5.56 Å². The van der Waals surface area contributed by atoms with Crippen LogP contribution < -0.4 is 4.72 Å². The molecule has 1 aromatic heterocycles. The van der Waals surface area contributed by atoms with Crippen LogP contribution in [0.5, 0.6) is 0 Å². The molecule has 6 heteroatoms. The van der Waals surface area contributed by atoms with E-state index in [1.54, 1.807) is 42.7 Å². The molecule has 0 unspecified atom stereocenters. The molecule has 0 fully saturated rings. The van der Waals surface area contributed by atoms with Crippen molar-refractivity contribution in [3.63, 3.8) is 0 Å². The van der Waals surface area contributed by atoms with Gasteiger partial charge in [-0.2, -0.15) is 0 Å². The molecule has 2 rings (SSSR count). The minimum Gasteiger partial charge on any atom is -0.264 e. The van der Waals surface area contributed by atoms with Gasteiger partial charge in [0, 0.05) is 18.9 Å². The highest BCUT2D eigenvalue weighted by atomic mass is 35.5. The topological polar surface area (TPSA) is 59.1 Å². The summed E-state index contributed by atoms with van der Waals surface area (Å²) < 4.78 is 26.4. The molecule has 0 bridgehead atoms. The normalized spacial score (nSPS) is 10.7. The third-order valence-corrected chi connectivity index (χ3v) is 3.96. The van der Waals surface area contributed by atoms with Crippen molar-refractivity contribution in [2.24, 2.45) is 0 Å². The Morgan fingerprint density at radius 1 is 1.05 bits per heavy atom. The number of benzene rings is 1. The van der Waals surface area contributed by atoms with Crippen LogP contribution in [0.2, 0.25) is 0 Å². The quantitative estimate of drug-likeness (QED) is 0.919. The molecule has 4 nitrogen and oxygen atoms in total. The summed E-state index contributed by atoms with van der Waals surface area (Å²) in [5.74, 6) is 0. The lowest BCUT2D eigenvalue weighted by atomic mass is 10.2. The van der Waals surface area contributed by atoms with Crippen LogP contribution in [-0.4, -0.2) is 19.9 Å². The zero-order valence-electron chi connectivity index (χ0n) is 10.2. The van der Waals surface area contributed by atoms with Gasteiger partial charge < -0.3 is 0 Å². The third-order valence-electron chi connectivity index (χ3n) is 2.48. The van der Waals surface area contributed by atoms with E-state index >= 15 is 0 Å². The molecule has 1 aromatic carbocycles. The standard InChI is InChI=1S/C13H14N2O2S.ClH/c16-18(17,13-6-2-1-3-7-13)15-10-8-12-5-4-9-14-11-12;/h1-7,9,11,15H,8,10H2;1H. The average molecular weight is 299 g/mol. The summed E-state index contributed by atoms with van der Waals surface area (Å²) in [5.41, 5.74) is 1.01. The number of hydrogen-bond donors (Lipinski definition) is 1. The van der Waals surface area contributed by atoms with Crippen LogP contribution in [0.4, 0.5) is 0 Å². The van der Waals surface area contributed by atoms with Crippen LogP contribution in [-0.2, 0) is 16.4 Å². The number of halogens is 1. The molecule has 0 atom stereocenters. The maximum atomic E-state index is 11.9. The summed E-state index contributed by atoms with van der Waals surface area (Å²) >= 11 is 0. The number of aromatic nitrogens is 1. The fourth-order valence-electron chi connectivity index (χ4n) is 1.56. The maximum Gasteiger partial charge on any atom is 0.240 e. The van der Waals surface area contributed by atoms with Crippen LogP contribution in [0, 0.1) is 0 Å². The fraction of sp³-hybridized carbons (Fsp3) is 0.154. The summed E-state index contributed by atoms with van der Waals surface area (Å²) in [4.78, 5) is 4.27. The molecule has 19 heavy (non-hydrogen) atoms. The van der Waals surface area contributed by atoms with E-state index in [1.807, 2.05) is 12.1 Å². The molecule has 2 aromatic rings. The fourth-order valence-corrected chi connectivity index (χ4v) is 2.61. The zero-order chi connectivity index (χ0) is 12.8. The second-order valence-electron chi connectivity index (χ2n) is 3.82. The first-order chi connectivity index (χ1) is 8.68. The first-order valence-electron chi connectivity index (χ1n) is 5.62. The predicted molar refractivity (Wildman–Crippen MR) is 76.8 cm³/mol. The first kappa shape index (κ1) is 15.6. The van der Waals surface area contributed by atoms with Crippen molar-refractivity contribution in [2.45, 2.75) is 11.3 Å². The number of pyridine rings is 1. The lowest BCUT2D eigenvalue weighted by molar-refractivity contribution is 0.581. The van der Waals surface area contributed by atoms with E-state index in [0.29, 0.717) is 13.0 Å². The molecule has 0 aliphatic heterocycles. The molecule has 1 N–H and O–H groups in total. The molecule has 0 aliphatic rings. The Kier molecular flexibility index (Phi) is 5.95. The highest BCUT2D eigenvalue weighted by Crippen LogP contribution is 2.07. The molecule has 0 saturated heterocycles. The Hall–Kier alpha value is -1.43. The molecule has 0 aliphatic carbocycles. The van der Waals surface area contributed by atoms with Crippen LogP contribution >= 0.6 is 12.4 Å². The summed E-state index contributed by atoms with van der Waals surface area (Å²) in [5, 5.41) is 0. The summed E-state index contributed by atoms with van der Waals surface area (Å²) in [6, 6.07) is 12.1. The Bertz CT molecular complexity index is 589. The third kappa shape index (κ3) is 4.63. The second-order valence-corrected chi connectivity index (χ2v) is 5.59. The van der Waals surface area contributed by atoms with Gasteiger partial charge in [0.2, 0.25) is 10.0 Å². The van der Waals surface area contributed by atoms with Crippen LogP contribution in [0.15, 0.2) is 59.8 Å². The van der Waals surface area contributed by atoms with Crippen molar-refractivity contribution in [3.05, 3.63) is 60.4 Å². The molecule has 102 valence electrons. The average Bonchev–Trinajstić information content (AvgIpc) is 2.41. The molecule has 1 heterocycles. The van der Waals surface area contributed by atoms with Gasteiger partial charge in [0.15, 0.2) is 0 Å². The smallest absolute Gasteiger partial charge is 0.240 e. The van der Waals surface area contributed by atoms with Crippen molar-refractivity contribution in [3.8, 4) is 0 Å². The minimum atomic E-state index is -3.40. The Balaban J connectivity index is 0.00000180. The summed E-state index contributed by atoms with van der Waals surface area (Å²) in [7, 11) is -3.40. The van der Waals surface area contributed by atoms with Gasteiger partial charge in [-0.25, -0.2) is 13.1 Å². The van der Waals surface area contributed by atoms with Crippen molar-refractivity contribution in [2.75, 3.05) is 6.54 Å². The Morgan fingerprint density at radius 3 is 2.42 bits per heavy atom. The molecule has 0 amide bonds. The van der Waals surface area contributed by atoms with E-state index < -0.39 is 10.0 Å². The van der Waals surface area contributed by atoms with Crippen LogP contribution in [0.25, 0.3) is 0 Å². The lowest BCUT2D eigenvalue weighted by Gasteiger charge is -2.06. The van der Waals surface area contributed by atoms with E-state index in [9.17, 15) is 8.42 Å². The molecular formula is C13H15ClN2O2S. The highest BCUT2D eigenvalue weighted by molar-refractivity contribution is 7.89. The molecule has 0 saturated carbocycles. The molecule has 0 radical (unpaired) electrons. The van der Waals surface area contributed by atoms with E-state index in [4.69, 9.17) is 0 Å². The molecule has 0 spiro atoms.